The van der Waals surface area contributed by atoms with Crippen LogP contribution in [0.5, 0.6) is 11.6 Å². The van der Waals surface area contributed by atoms with Crippen molar-refractivity contribution in [2.45, 2.75) is 0 Å². The number of halogens is 3. The lowest BCUT2D eigenvalue weighted by atomic mass is 10.3. The van der Waals surface area contributed by atoms with Gasteiger partial charge < -0.3 is 10.5 Å². The highest BCUT2D eigenvalue weighted by Crippen LogP contribution is 2.33. The summed E-state index contributed by atoms with van der Waals surface area (Å²) in [6, 6.07) is 3.99. The molecule has 4 nitrogen and oxygen atoms in total. The Labute approximate surface area is 110 Å². The number of nitrogens with zero attached hydrogens (tertiary/aromatic N) is 2. The summed E-state index contributed by atoms with van der Waals surface area (Å²) in [6.45, 7) is 0. The van der Waals surface area contributed by atoms with E-state index in [0.717, 1.165) is 0 Å². The van der Waals surface area contributed by atoms with Gasteiger partial charge in [0.1, 0.15) is 23.6 Å². The van der Waals surface area contributed by atoms with Gasteiger partial charge in [-0.3, -0.25) is 0 Å². The van der Waals surface area contributed by atoms with Gasteiger partial charge in [-0.15, -0.1) is 0 Å². The van der Waals surface area contributed by atoms with Gasteiger partial charge in [-0.05, 0) is 34.1 Å². The average molecular weight is 319 g/mol. The lowest BCUT2D eigenvalue weighted by molar-refractivity contribution is 0.459. The van der Waals surface area contributed by atoms with Crippen molar-refractivity contribution in [2.75, 3.05) is 5.73 Å². The molecule has 0 aliphatic heterocycles. The number of ether oxygens (including phenoxy) is 1. The number of hydrogen-bond acceptors (Lipinski definition) is 4. The maximum Gasteiger partial charge on any atom is 0.247 e. The van der Waals surface area contributed by atoms with Crippen molar-refractivity contribution < 1.29 is 9.13 Å². The number of rotatable bonds is 2. The molecule has 88 valence electrons. The third-order valence-electron chi connectivity index (χ3n) is 1.90. The molecule has 1 aromatic heterocycles. The van der Waals surface area contributed by atoms with Gasteiger partial charge in [-0.1, -0.05) is 11.6 Å². The molecule has 0 unspecified atom stereocenters. The van der Waals surface area contributed by atoms with E-state index in [-0.39, 0.29) is 22.5 Å². The predicted molar refractivity (Wildman–Crippen MR) is 65.6 cm³/mol. The zero-order valence-corrected chi connectivity index (χ0v) is 10.7. The molecule has 2 rings (SSSR count). The molecule has 1 aromatic carbocycles. The topological polar surface area (TPSA) is 61.0 Å². The standard InChI is InChI=1S/C10H6BrClFN3O/c11-6-3-5(13)1-2-7(6)17-10-8(14)9(12)15-4-16-10/h1-4H,14H2. The lowest BCUT2D eigenvalue weighted by Crippen LogP contribution is -1.97. The van der Waals surface area contributed by atoms with Crippen molar-refractivity contribution in [3.05, 3.63) is 40.0 Å². The first-order valence-corrected chi connectivity index (χ1v) is 5.64. The molecule has 0 aliphatic rings. The highest BCUT2D eigenvalue weighted by atomic mass is 79.9. The Morgan fingerprint density at radius 1 is 1.35 bits per heavy atom. The number of aromatic nitrogens is 2. The largest absolute Gasteiger partial charge is 0.436 e. The smallest absolute Gasteiger partial charge is 0.247 e. The van der Waals surface area contributed by atoms with Crippen LogP contribution < -0.4 is 10.5 Å². The molecule has 17 heavy (non-hydrogen) atoms. The van der Waals surface area contributed by atoms with E-state index in [1.165, 1.54) is 24.5 Å². The molecule has 1 heterocycles. The van der Waals surface area contributed by atoms with Crippen LogP contribution in [0.3, 0.4) is 0 Å². The summed E-state index contributed by atoms with van der Waals surface area (Å²) < 4.78 is 18.7. The molecule has 0 saturated carbocycles. The van der Waals surface area contributed by atoms with Crippen molar-refractivity contribution >= 4 is 33.2 Å². The van der Waals surface area contributed by atoms with E-state index in [2.05, 4.69) is 25.9 Å². The van der Waals surface area contributed by atoms with Gasteiger partial charge in [0.15, 0.2) is 5.15 Å². The monoisotopic (exact) mass is 317 g/mol. The fourth-order valence-electron chi connectivity index (χ4n) is 1.10. The van der Waals surface area contributed by atoms with Crippen LogP contribution >= 0.6 is 27.5 Å². The van der Waals surface area contributed by atoms with Crippen LogP contribution in [-0.2, 0) is 0 Å². The van der Waals surface area contributed by atoms with Crippen molar-refractivity contribution in [3.8, 4) is 11.6 Å². The second kappa shape index (κ2) is 4.85. The van der Waals surface area contributed by atoms with E-state index in [4.69, 9.17) is 22.1 Å². The summed E-state index contributed by atoms with van der Waals surface area (Å²) in [7, 11) is 0. The molecule has 0 amide bonds. The summed E-state index contributed by atoms with van der Waals surface area (Å²) in [5.74, 6) is 0.128. The Morgan fingerprint density at radius 2 is 2.12 bits per heavy atom. The van der Waals surface area contributed by atoms with Crippen molar-refractivity contribution in [1.82, 2.24) is 9.97 Å². The summed E-state index contributed by atoms with van der Waals surface area (Å²) >= 11 is 8.88. The molecule has 2 aromatic rings. The maximum atomic E-state index is 12.9. The van der Waals surface area contributed by atoms with E-state index < -0.39 is 0 Å². The van der Waals surface area contributed by atoms with Crippen LogP contribution in [0.2, 0.25) is 5.15 Å². The third-order valence-corrected chi connectivity index (χ3v) is 2.82. The Kier molecular flexibility index (Phi) is 3.44. The minimum absolute atomic E-state index is 0.105. The summed E-state index contributed by atoms with van der Waals surface area (Å²) in [4.78, 5) is 7.54. The van der Waals surface area contributed by atoms with Gasteiger partial charge in [0.25, 0.3) is 0 Å². The van der Waals surface area contributed by atoms with Crippen LogP contribution in [0.1, 0.15) is 0 Å². The van der Waals surface area contributed by atoms with Crippen molar-refractivity contribution in [2.24, 2.45) is 0 Å². The second-order valence-corrected chi connectivity index (χ2v) is 4.27. The molecule has 0 spiro atoms. The van der Waals surface area contributed by atoms with Gasteiger partial charge in [0, 0.05) is 0 Å². The number of benzene rings is 1. The van der Waals surface area contributed by atoms with Crippen LogP contribution in [0, 0.1) is 5.82 Å². The molecule has 0 radical (unpaired) electrons. The average Bonchev–Trinajstić information content (AvgIpc) is 2.28. The van der Waals surface area contributed by atoms with E-state index in [0.29, 0.717) is 10.2 Å². The minimum atomic E-state index is -0.377. The van der Waals surface area contributed by atoms with E-state index in [1.54, 1.807) is 0 Å². The highest BCUT2D eigenvalue weighted by molar-refractivity contribution is 9.10. The molecule has 0 fully saturated rings. The van der Waals surface area contributed by atoms with Gasteiger partial charge in [0.05, 0.1) is 4.47 Å². The van der Waals surface area contributed by atoms with E-state index >= 15 is 0 Å². The van der Waals surface area contributed by atoms with Crippen molar-refractivity contribution in [3.63, 3.8) is 0 Å². The molecule has 7 heteroatoms. The summed E-state index contributed by atoms with van der Waals surface area (Å²) in [5, 5.41) is 0.105. The molecule has 2 N–H and O–H groups in total. The molecule has 0 bridgehead atoms. The first-order chi connectivity index (χ1) is 8.08. The zero-order valence-electron chi connectivity index (χ0n) is 8.32. The van der Waals surface area contributed by atoms with E-state index in [9.17, 15) is 4.39 Å². The Balaban J connectivity index is 2.35. The minimum Gasteiger partial charge on any atom is -0.436 e. The van der Waals surface area contributed by atoms with Gasteiger partial charge in [-0.2, -0.15) is 4.98 Å². The predicted octanol–water partition coefficient (Wildman–Crippen LogP) is 3.41. The Bertz CT molecular complexity index is 567. The van der Waals surface area contributed by atoms with E-state index in [1.807, 2.05) is 0 Å². The third kappa shape index (κ3) is 2.65. The fourth-order valence-corrected chi connectivity index (χ4v) is 1.66. The van der Waals surface area contributed by atoms with Gasteiger partial charge >= 0.3 is 0 Å². The van der Waals surface area contributed by atoms with Crippen LogP contribution in [0.15, 0.2) is 29.0 Å². The second-order valence-electron chi connectivity index (χ2n) is 3.06. The number of hydrogen-bond donors (Lipinski definition) is 1. The number of anilines is 1. The molecular weight excluding hydrogens is 312 g/mol. The Hall–Kier alpha value is -1.40. The lowest BCUT2D eigenvalue weighted by Gasteiger charge is -2.08. The van der Waals surface area contributed by atoms with Crippen LogP contribution in [0.4, 0.5) is 10.1 Å². The Morgan fingerprint density at radius 3 is 2.82 bits per heavy atom. The molecule has 0 atom stereocenters. The SMILES string of the molecule is Nc1c(Cl)ncnc1Oc1ccc(F)cc1Br. The molecule has 0 saturated heterocycles. The highest BCUT2D eigenvalue weighted by Gasteiger charge is 2.10. The van der Waals surface area contributed by atoms with Gasteiger partial charge in [0.2, 0.25) is 5.88 Å². The molecular formula is C10H6BrClFN3O. The van der Waals surface area contributed by atoms with Gasteiger partial charge in [-0.25, -0.2) is 9.37 Å². The zero-order chi connectivity index (χ0) is 12.4. The number of nitrogens with two attached hydrogens (primary N) is 1. The van der Waals surface area contributed by atoms with Crippen molar-refractivity contribution in [1.29, 1.82) is 0 Å². The quantitative estimate of drug-likeness (QED) is 0.862. The first-order valence-electron chi connectivity index (χ1n) is 4.47. The van der Waals surface area contributed by atoms with Crippen LogP contribution in [0.25, 0.3) is 0 Å². The van der Waals surface area contributed by atoms with Crippen LogP contribution in [-0.4, -0.2) is 9.97 Å². The molecule has 0 aliphatic carbocycles. The first kappa shape index (κ1) is 12.1. The normalized spacial score (nSPS) is 10.3. The number of nitrogen functional groups attached to an aromatic ring is 1. The summed E-state index contributed by atoms with van der Waals surface area (Å²) in [5.41, 5.74) is 5.77. The fraction of sp³-hybridized carbons (Fsp3) is 0. The summed E-state index contributed by atoms with van der Waals surface area (Å²) in [6.07, 6.45) is 1.23. The maximum absolute atomic E-state index is 12.9.